The molecule has 0 amide bonds. The highest BCUT2D eigenvalue weighted by molar-refractivity contribution is 6.24. The Morgan fingerprint density at radius 1 is 0.333 bits per heavy atom. The second-order valence-electron chi connectivity index (χ2n) is 16.4. The number of nitrogens with zero attached hydrogens (tertiary/aromatic N) is 5. The smallest absolute Gasteiger partial charge is 0.238 e. The van der Waals surface area contributed by atoms with Crippen molar-refractivity contribution in [2.45, 2.75) is 0 Å². The third-order valence-electron chi connectivity index (χ3n) is 12.7. The van der Waals surface area contributed by atoms with Crippen molar-refractivity contribution in [2.75, 3.05) is 0 Å². The highest BCUT2D eigenvalue weighted by Crippen LogP contribution is 2.44. The van der Waals surface area contributed by atoms with E-state index in [0.717, 1.165) is 82.7 Å². The minimum absolute atomic E-state index is 0.146. The molecule has 13 rings (SSSR count). The standard InChI is InChI=1S/C61H39N5/c1-4-16-40(17-5-1)48-34-37-56(53(39-48)43-19-6-2-7-20-43)65-54-26-14-12-24-49(54)51-35-36-52-50-25-13-15-27-55(50)66(58(52)57(51)65)61-63-59(44-21-8-3-9-22-44)62-60(64-61)45-31-28-42(29-32-45)47-33-30-41-18-10-11-23-46(41)38-47/h1-39H/i1D,4D,5D,16D,17D. The van der Waals surface area contributed by atoms with E-state index in [1.807, 2.05) is 91.0 Å². The summed E-state index contributed by atoms with van der Waals surface area (Å²) in [6.45, 7) is 0. The first-order valence-corrected chi connectivity index (χ1v) is 21.9. The van der Waals surface area contributed by atoms with Gasteiger partial charge in [0, 0.05) is 38.2 Å². The first-order chi connectivity index (χ1) is 34.8. The Bertz CT molecular complexity index is 4250. The van der Waals surface area contributed by atoms with Crippen molar-refractivity contribution in [2.24, 2.45) is 0 Å². The van der Waals surface area contributed by atoms with Gasteiger partial charge in [-0.05, 0) is 68.9 Å². The molecule has 308 valence electrons. The van der Waals surface area contributed by atoms with Gasteiger partial charge in [-0.25, -0.2) is 4.98 Å². The van der Waals surface area contributed by atoms with Crippen LogP contribution in [0.2, 0.25) is 0 Å². The lowest BCUT2D eigenvalue weighted by Crippen LogP contribution is -2.07. The summed E-state index contributed by atoms with van der Waals surface area (Å²) in [6.07, 6.45) is 0. The van der Waals surface area contributed by atoms with E-state index >= 15 is 0 Å². The quantitative estimate of drug-likeness (QED) is 0.161. The van der Waals surface area contributed by atoms with Crippen molar-refractivity contribution < 1.29 is 6.85 Å². The first-order valence-electron chi connectivity index (χ1n) is 24.4. The highest BCUT2D eigenvalue weighted by Gasteiger charge is 2.25. The van der Waals surface area contributed by atoms with Gasteiger partial charge < -0.3 is 4.57 Å². The van der Waals surface area contributed by atoms with Crippen LogP contribution in [0.15, 0.2) is 236 Å². The van der Waals surface area contributed by atoms with E-state index < -0.39 is 6.04 Å². The van der Waals surface area contributed by atoms with E-state index in [-0.39, 0.29) is 29.7 Å². The summed E-state index contributed by atoms with van der Waals surface area (Å²) < 4.78 is 47.6. The summed E-state index contributed by atoms with van der Waals surface area (Å²) in [6, 6.07) is 68.6. The minimum Gasteiger partial charge on any atom is -0.307 e. The van der Waals surface area contributed by atoms with Crippen LogP contribution < -0.4 is 0 Å². The van der Waals surface area contributed by atoms with E-state index in [4.69, 9.17) is 21.8 Å². The maximum atomic E-state index is 8.92. The molecule has 5 heteroatoms. The van der Waals surface area contributed by atoms with Gasteiger partial charge in [-0.15, -0.1) is 0 Å². The molecule has 66 heavy (non-hydrogen) atoms. The number of hydrogen-bond acceptors (Lipinski definition) is 3. The number of fused-ring (bicyclic) bond motifs is 8. The van der Waals surface area contributed by atoms with Gasteiger partial charge in [-0.2, -0.15) is 9.97 Å². The van der Waals surface area contributed by atoms with Crippen LogP contribution >= 0.6 is 0 Å². The highest BCUT2D eigenvalue weighted by atomic mass is 15.2. The summed E-state index contributed by atoms with van der Waals surface area (Å²) in [4.78, 5) is 15.9. The zero-order valence-electron chi connectivity index (χ0n) is 40.4. The van der Waals surface area contributed by atoms with Crippen LogP contribution in [0.4, 0.5) is 0 Å². The van der Waals surface area contributed by atoms with Gasteiger partial charge in [0.15, 0.2) is 11.6 Å². The molecule has 5 nitrogen and oxygen atoms in total. The van der Waals surface area contributed by atoms with Crippen molar-refractivity contribution in [1.82, 2.24) is 24.1 Å². The molecule has 0 spiro atoms. The molecule has 13 aromatic rings. The zero-order valence-corrected chi connectivity index (χ0v) is 35.4. The first kappa shape index (κ1) is 32.7. The Labute approximate surface area is 388 Å². The minimum atomic E-state index is -0.426. The maximum Gasteiger partial charge on any atom is 0.238 e. The van der Waals surface area contributed by atoms with Crippen LogP contribution in [0.5, 0.6) is 0 Å². The molecule has 0 N–H and O–H groups in total. The number of hydrogen-bond donors (Lipinski definition) is 0. The van der Waals surface area contributed by atoms with Crippen LogP contribution in [-0.4, -0.2) is 24.1 Å². The average molecular weight is 847 g/mol. The summed E-state index contributed by atoms with van der Waals surface area (Å²) in [5.41, 5.74) is 10.9. The Kier molecular flexibility index (Phi) is 7.63. The predicted octanol–water partition coefficient (Wildman–Crippen LogP) is 15.6. The van der Waals surface area contributed by atoms with Gasteiger partial charge in [0.2, 0.25) is 5.95 Å². The number of benzene rings is 10. The molecule has 3 heterocycles. The van der Waals surface area contributed by atoms with Crippen LogP contribution in [0, 0.1) is 0 Å². The molecule has 0 radical (unpaired) electrons. The van der Waals surface area contributed by atoms with Crippen molar-refractivity contribution in [3.05, 3.63) is 236 Å². The lowest BCUT2D eigenvalue weighted by molar-refractivity contribution is 0.953. The van der Waals surface area contributed by atoms with E-state index in [1.54, 1.807) is 0 Å². The largest absolute Gasteiger partial charge is 0.307 e. The summed E-state index contributed by atoms with van der Waals surface area (Å²) in [5, 5.41) is 6.49. The van der Waals surface area contributed by atoms with Crippen LogP contribution in [0.3, 0.4) is 0 Å². The van der Waals surface area contributed by atoms with Crippen molar-refractivity contribution in [3.63, 3.8) is 0 Å². The van der Waals surface area contributed by atoms with Gasteiger partial charge in [-0.1, -0.05) is 206 Å². The van der Waals surface area contributed by atoms with Gasteiger partial charge in [0.05, 0.1) is 34.6 Å². The van der Waals surface area contributed by atoms with Crippen LogP contribution in [-0.2, 0) is 0 Å². The third-order valence-corrected chi connectivity index (χ3v) is 12.7. The molecule has 3 aromatic heterocycles. The van der Waals surface area contributed by atoms with Crippen molar-refractivity contribution in [3.8, 4) is 67.8 Å². The molecule has 0 saturated carbocycles. The molecular formula is C61H39N5. The summed E-state index contributed by atoms with van der Waals surface area (Å²) in [7, 11) is 0. The normalized spacial score (nSPS) is 12.7. The van der Waals surface area contributed by atoms with Crippen LogP contribution in [0.1, 0.15) is 6.85 Å². The van der Waals surface area contributed by atoms with Crippen LogP contribution in [0.25, 0.3) is 122 Å². The SMILES string of the molecule is [2H]c1c([2H])c([2H])c(-c2ccc(-n3c4ccccc4c4ccc5c6ccccc6n(-c6nc(-c7ccccc7)nc(-c7ccc(-c8ccc9ccccc9c8)cc7)n6)c5c43)c(-c3ccccc3)c2)c([2H])c1[2H]. The van der Waals surface area contributed by atoms with Crippen molar-refractivity contribution >= 4 is 54.4 Å². The number of para-hydroxylation sites is 2. The fraction of sp³-hybridized carbons (Fsp3) is 0. The average Bonchev–Trinajstić information content (AvgIpc) is 3.95. The predicted molar refractivity (Wildman–Crippen MR) is 273 cm³/mol. The van der Waals surface area contributed by atoms with Gasteiger partial charge in [0.1, 0.15) is 0 Å². The lowest BCUT2D eigenvalue weighted by atomic mass is 9.97. The Morgan fingerprint density at radius 3 is 1.55 bits per heavy atom. The topological polar surface area (TPSA) is 48.5 Å². The van der Waals surface area contributed by atoms with Crippen molar-refractivity contribution in [1.29, 1.82) is 0 Å². The van der Waals surface area contributed by atoms with E-state index in [2.05, 4.69) is 124 Å². The third kappa shape index (κ3) is 6.21. The molecule has 0 atom stereocenters. The van der Waals surface area contributed by atoms with Gasteiger partial charge >= 0.3 is 0 Å². The molecule has 0 saturated heterocycles. The monoisotopic (exact) mass is 846 g/mol. The molecule has 0 aliphatic heterocycles. The fourth-order valence-electron chi connectivity index (χ4n) is 9.58. The van der Waals surface area contributed by atoms with Gasteiger partial charge in [0.25, 0.3) is 0 Å². The fourth-order valence-corrected chi connectivity index (χ4v) is 9.58. The summed E-state index contributed by atoms with van der Waals surface area (Å²) >= 11 is 0. The van der Waals surface area contributed by atoms with E-state index in [1.165, 1.54) is 10.8 Å². The summed E-state index contributed by atoms with van der Waals surface area (Å²) in [5.74, 6) is 1.53. The lowest BCUT2D eigenvalue weighted by Gasteiger charge is -2.17. The van der Waals surface area contributed by atoms with E-state index in [0.29, 0.717) is 23.2 Å². The Hall–Kier alpha value is -8.93. The second-order valence-corrected chi connectivity index (χ2v) is 16.4. The Balaban J connectivity index is 1.09. The number of aromatic nitrogens is 5. The molecule has 0 aliphatic carbocycles. The second kappa shape index (κ2) is 15.4. The molecule has 0 bridgehead atoms. The molecule has 0 unspecified atom stereocenters. The maximum absolute atomic E-state index is 8.92. The molecule has 0 fully saturated rings. The number of rotatable bonds is 7. The van der Waals surface area contributed by atoms with Gasteiger partial charge in [-0.3, -0.25) is 4.57 Å². The molecular weight excluding hydrogens is 803 g/mol. The molecule has 10 aromatic carbocycles. The zero-order chi connectivity index (χ0) is 47.9. The van der Waals surface area contributed by atoms with E-state index in [9.17, 15) is 0 Å². The molecule has 0 aliphatic rings. The Morgan fingerprint density at radius 2 is 0.848 bits per heavy atom.